The Morgan fingerprint density at radius 1 is 1.10 bits per heavy atom. The van der Waals surface area contributed by atoms with E-state index >= 15 is 0 Å². The van der Waals surface area contributed by atoms with E-state index in [0.717, 1.165) is 0 Å². The molecule has 0 aliphatic carbocycles. The lowest BCUT2D eigenvalue weighted by Gasteiger charge is -2.11. The highest BCUT2D eigenvalue weighted by atomic mass is 32.2. The van der Waals surface area contributed by atoms with Gasteiger partial charge in [-0.25, -0.2) is 8.42 Å². The van der Waals surface area contributed by atoms with Gasteiger partial charge in [-0.3, -0.25) is 4.72 Å². The molecule has 5 nitrogen and oxygen atoms in total. The number of nitrogens with zero attached hydrogens (tertiary/aromatic N) is 1. The zero-order valence-corrected chi connectivity index (χ0v) is 11.4. The molecular weight excluding hydrogens is 274 g/mol. The maximum atomic E-state index is 12.2. The second-order valence-corrected chi connectivity index (χ2v) is 5.79. The number of hydrogen-bond donors (Lipinski definition) is 2. The molecule has 0 aromatic heterocycles. The van der Waals surface area contributed by atoms with E-state index in [9.17, 15) is 8.42 Å². The first kappa shape index (κ1) is 14.1. The number of sulfonamides is 1. The summed E-state index contributed by atoms with van der Waals surface area (Å²) in [5.41, 5.74) is 7.15. The lowest BCUT2D eigenvalue weighted by atomic mass is 10.2. The van der Waals surface area contributed by atoms with Crippen LogP contribution >= 0.6 is 0 Å². The second kappa shape index (κ2) is 5.74. The Morgan fingerprint density at radius 2 is 1.75 bits per heavy atom. The average Bonchev–Trinajstić information content (AvgIpc) is 2.47. The van der Waals surface area contributed by atoms with Crippen molar-refractivity contribution in [1.29, 1.82) is 5.26 Å². The van der Waals surface area contributed by atoms with Crippen LogP contribution in [0.5, 0.6) is 0 Å². The fourth-order valence-corrected chi connectivity index (χ4v) is 2.81. The van der Waals surface area contributed by atoms with Gasteiger partial charge in [0.15, 0.2) is 0 Å². The molecule has 0 aliphatic heterocycles. The molecule has 0 unspecified atom stereocenters. The smallest absolute Gasteiger partial charge is 0.261 e. The summed E-state index contributed by atoms with van der Waals surface area (Å²) in [5.74, 6) is 0. The SMILES string of the molecule is N#Cc1ccc(S(=O)(=O)Nc2ccccc2CN)cc1. The normalized spacial score (nSPS) is 10.8. The number of nitrogens with two attached hydrogens (primary N) is 1. The first-order valence-corrected chi connectivity index (χ1v) is 7.36. The fourth-order valence-electron chi connectivity index (χ4n) is 1.71. The molecule has 2 aromatic carbocycles. The summed E-state index contributed by atoms with van der Waals surface area (Å²) < 4.78 is 27.0. The van der Waals surface area contributed by atoms with E-state index in [-0.39, 0.29) is 11.4 Å². The summed E-state index contributed by atoms with van der Waals surface area (Å²) in [6.07, 6.45) is 0. The molecule has 0 radical (unpaired) electrons. The minimum absolute atomic E-state index is 0.100. The van der Waals surface area contributed by atoms with Crippen molar-refractivity contribution in [1.82, 2.24) is 0 Å². The number of nitrogens with one attached hydrogen (secondary N) is 1. The molecule has 102 valence electrons. The number of nitriles is 1. The summed E-state index contributed by atoms with van der Waals surface area (Å²) in [6.45, 7) is 0.242. The second-order valence-electron chi connectivity index (χ2n) is 4.10. The molecule has 0 fully saturated rings. The zero-order chi connectivity index (χ0) is 14.6. The number of anilines is 1. The van der Waals surface area contributed by atoms with Crippen molar-refractivity contribution in [2.75, 3.05) is 4.72 Å². The van der Waals surface area contributed by atoms with Crippen LogP contribution in [-0.4, -0.2) is 8.42 Å². The van der Waals surface area contributed by atoms with Crippen molar-refractivity contribution in [3.63, 3.8) is 0 Å². The number of rotatable bonds is 4. The maximum absolute atomic E-state index is 12.2. The standard InChI is InChI=1S/C14H13N3O2S/c15-9-11-5-7-13(8-6-11)20(18,19)17-14-4-2-1-3-12(14)10-16/h1-8,17H,10,16H2. The third kappa shape index (κ3) is 2.96. The van der Waals surface area contributed by atoms with Gasteiger partial charge in [0.1, 0.15) is 0 Å². The molecule has 0 amide bonds. The van der Waals surface area contributed by atoms with Crippen LogP contribution in [0, 0.1) is 11.3 Å². The topological polar surface area (TPSA) is 96.0 Å². The van der Waals surface area contributed by atoms with Gasteiger partial charge in [-0.15, -0.1) is 0 Å². The first-order chi connectivity index (χ1) is 9.56. The molecule has 0 saturated carbocycles. The van der Waals surface area contributed by atoms with E-state index in [4.69, 9.17) is 11.0 Å². The van der Waals surface area contributed by atoms with Gasteiger partial charge >= 0.3 is 0 Å². The molecule has 0 saturated heterocycles. The molecule has 0 bridgehead atoms. The van der Waals surface area contributed by atoms with Crippen LogP contribution in [0.25, 0.3) is 0 Å². The summed E-state index contributed by atoms with van der Waals surface area (Å²) in [4.78, 5) is 0.100. The average molecular weight is 287 g/mol. The third-order valence-corrected chi connectivity index (χ3v) is 4.16. The van der Waals surface area contributed by atoms with Crippen LogP contribution in [0.3, 0.4) is 0 Å². The van der Waals surface area contributed by atoms with Crippen molar-refractivity contribution < 1.29 is 8.42 Å². The Morgan fingerprint density at radius 3 is 2.35 bits per heavy atom. The van der Waals surface area contributed by atoms with Gasteiger partial charge < -0.3 is 5.73 Å². The van der Waals surface area contributed by atoms with Gasteiger partial charge in [0.25, 0.3) is 10.0 Å². The van der Waals surface area contributed by atoms with E-state index in [0.29, 0.717) is 16.8 Å². The van der Waals surface area contributed by atoms with Gasteiger partial charge in [0.05, 0.1) is 22.2 Å². The van der Waals surface area contributed by atoms with Crippen molar-refractivity contribution in [2.24, 2.45) is 5.73 Å². The molecule has 2 rings (SSSR count). The molecule has 0 spiro atoms. The van der Waals surface area contributed by atoms with Crippen LogP contribution in [-0.2, 0) is 16.6 Å². The number of benzene rings is 2. The van der Waals surface area contributed by atoms with Crippen molar-refractivity contribution in [3.05, 3.63) is 59.7 Å². The van der Waals surface area contributed by atoms with E-state index in [1.54, 1.807) is 24.3 Å². The van der Waals surface area contributed by atoms with Crippen LogP contribution in [0.15, 0.2) is 53.4 Å². The zero-order valence-electron chi connectivity index (χ0n) is 10.6. The monoisotopic (exact) mass is 287 g/mol. The summed E-state index contributed by atoms with van der Waals surface area (Å²) in [5, 5.41) is 8.71. The molecule has 0 heterocycles. The molecule has 3 N–H and O–H groups in total. The van der Waals surface area contributed by atoms with Gasteiger partial charge in [0.2, 0.25) is 0 Å². The highest BCUT2D eigenvalue weighted by molar-refractivity contribution is 7.92. The largest absolute Gasteiger partial charge is 0.326 e. The lowest BCUT2D eigenvalue weighted by molar-refractivity contribution is 0.601. The maximum Gasteiger partial charge on any atom is 0.261 e. The van der Waals surface area contributed by atoms with Crippen LogP contribution in [0.2, 0.25) is 0 Å². The van der Waals surface area contributed by atoms with E-state index in [1.807, 2.05) is 6.07 Å². The molecule has 6 heteroatoms. The fraction of sp³-hybridized carbons (Fsp3) is 0.0714. The molecule has 20 heavy (non-hydrogen) atoms. The Bertz CT molecular complexity index is 747. The molecule has 0 atom stereocenters. The Kier molecular flexibility index (Phi) is 4.03. The van der Waals surface area contributed by atoms with Crippen LogP contribution in [0.4, 0.5) is 5.69 Å². The van der Waals surface area contributed by atoms with E-state index in [1.165, 1.54) is 24.3 Å². The van der Waals surface area contributed by atoms with E-state index in [2.05, 4.69) is 4.72 Å². The Balaban J connectivity index is 2.33. The predicted octanol–water partition coefficient (Wildman–Crippen LogP) is 1.82. The summed E-state index contributed by atoms with van der Waals surface area (Å²) >= 11 is 0. The number of para-hydroxylation sites is 1. The predicted molar refractivity (Wildman–Crippen MR) is 76.3 cm³/mol. The molecule has 0 aliphatic rings. The Labute approximate surface area is 117 Å². The van der Waals surface area contributed by atoms with Gasteiger partial charge in [0, 0.05) is 6.54 Å². The summed E-state index contributed by atoms with van der Waals surface area (Å²) in [6, 6.07) is 14.6. The quantitative estimate of drug-likeness (QED) is 0.896. The minimum Gasteiger partial charge on any atom is -0.326 e. The summed E-state index contributed by atoms with van der Waals surface area (Å²) in [7, 11) is -3.69. The molecular formula is C14H13N3O2S. The highest BCUT2D eigenvalue weighted by Gasteiger charge is 2.15. The van der Waals surface area contributed by atoms with Crippen molar-refractivity contribution in [2.45, 2.75) is 11.4 Å². The van der Waals surface area contributed by atoms with Gasteiger partial charge in [-0.2, -0.15) is 5.26 Å². The van der Waals surface area contributed by atoms with Crippen LogP contribution in [0.1, 0.15) is 11.1 Å². The van der Waals surface area contributed by atoms with Crippen molar-refractivity contribution >= 4 is 15.7 Å². The van der Waals surface area contributed by atoms with Gasteiger partial charge in [-0.1, -0.05) is 18.2 Å². The third-order valence-electron chi connectivity index (χ3n) is 2.78. The van der Waals surface area contributed by atoms with Crippen molar-refractivity contribution in [3.8, 4) is 6.07 Å². The minimum atomic E-state index is -3.69. The lowest BCUT2D eigenvalue weighted by Crippen LogP contribution is -2.15. The highest BCUT2D eigenvalue weighted by Crippen LogP contribution is 2.19. The first-order valence-electron chi connectivity index (χ1n) is 5.88. The Hall–Kier alpha value is -2.36. The van der Waals surface area contributed by atoms with Gasteiger partial charge in [-0.05, 0) is 35.9 Å². The van der Waals surface area contributed by atoms with E-state index < -0.39 is 10.0 Å². The molecule has 2 aromatic rings. The number of hydrogen-bond acceptors (Lipinski definition) is 4. The van der Waals surface area contributed by atoms with Crippen LogP contribution < -0.4 is 10.5 Å².